The highest BCUT2D eigenvalue weighted by Crippen LogP contribution is 2.23. The average molecular weight is 297 g/mol. The molecule has 1 atom stereocenters. The van der Waals surface area contributed by atoms with Gasteiger partial charge in [-0.25, -0.2) is 0 Å². The van der Waals surface area contributed by atoms with Gasteiger partial charge in [0.15, 0.2) is 0 Å². The molecule has 1 aromatic heterocycles. The van der Waals surface area contributed by atoms with E-state index in [2.05, 4.69) is 36.4 Å². The quantitative estimate of drug-likeness (QED) is 0.943. The van der Waals surface area contributed by atoms with Crippen molar-refractivity contribution in [2.75, 3.05) is 0 Å². The van der Waals surface area contributed by atoms with Crippen molar-refractivity contribution >= 4 is 5.91 Å². The standard InChI is InChI=1S/C18H23N3O/c1-13-3-6-15(7-4-13)10-19-18(22)12-21-11-16-9-14(2)5-8-17(16)20-21/h3-4,6-7,11,14H,5,8-10,12H2,1-2H3,(H,19,22). The molecular formula is C18H23N3O. The summed E-state index contributed by atoms with van der Waals surface area (Å²) in [5, 5.41) is 7.50. The fourth-order valence-corrected chi connectivity index (χ4v) is 2.93. The number of carbonyl (C=O) groups is 1. The summed E-state index contributed by atoms with van der Waals surface area (Å²) in [4.78, 5) is 12.1. The minimum Gasteiger partial charge on any atom is -0.350 e. The smallest absolute Gasteiger partial charge is 0.241 e. The number of aryl methyl sites for hydroxylation is 2. The predicted octanol–water partition coefficient (Wildman–Crippen LogP) is 2.63. The largest absolute Gasteiger partial charge is 0.350 e. The zero-order valence-electron chi connectivity index (χ0n) is 13.3. The maximum absolute atomic E-state index is 12.1. The number of hydrogen-bond acceptors (Lipinski definition) is 2. The molecule has 0 aliphatic heterocycles. The van der Waals surface area contributed by atoms with Crippen molar-refractivity contribution < 1.29 is 4.79 Å². The zero-order valence-corrected chi connectivity index (χ0v) is 13.3. The summed E-state index contributed by atoms with van der Waals surface area (Å²) < 4.78 is 1.78. The predicted molar refractivity (Wildman–Crippen MR) is 86.4 cm³/mol. The van der Waals surface area contributed by atoms with Crippen LogP contribution in [0.2, 0.25) is 0 Å². The highest BCUT2D eigenvalue weighted by Gasteiger charge is 2.19. The van der Waals surface area contributed by atoms with Gasteiger partial charge in [0, 0.05) is 12.7 Å². The van der Waals surface area contributed by atoms with Crippen molar-refractivity contribution in [1.29, 1.82) is 0 Å². The lowest BCUT2D eigenvalue weighted by Crippen LogP contribution is -2.27. The van der Waals surface area contributed by atoms with Crippen molar-refractivity contribution in [3.63, 3.8) is 0 Å². The van der Waals surface area contributed by atoms with Gasteiger partial charge in [0.25, 0.3) is 0 Å². The Morgan fingerprint density at radius 2 is 2.14 bits per heavy atom. The van der Waals surface area contributed by atoms with Gasteiger partial charge in [0.05, 0.1) is 5.69 Å². The summed E-state index contributed by atoms with van der Waals surface area (Å²) in [6, 6.07) is 8.21. The molecule has 1 amide bonds. The van der Waals surface area contributed by atoms with E-state index < -0.39 is 0 Å². The van der Waals surface area contributed by atoms with Crippen LogP contribution >= 0.6 is 0 Å². The molecule has 0 spiro atoms. The lowest BCUT2D eigenvalue weighted by Gasteiger charge is -2.15. The molecule has 0 bridgehead atoms. The third kappa shape index (κ3) is 3.56. The Hall–Kier alpha value is -2.10. The third-order valence-corrected chi connectivity index (χ3v) is 4.28. The van der Waals surface area contributed by atoms with E-state index >= 15 is 0 Å². The van der Waals surface area contributed by atoms with Gasteiger partial charge in [-0.1, -0.05) is 36.8 Å². The summed E-state index contributed by atoms with van der Waals surface area (Å²) >= 11 is 0. The van der Waals surface area contributed by atoms with Gasteiger partial charge in [-0.15, -0.1) is 0 Å². The first-order valence-corrected chi connectivity index (χ1v) is 7.97. The van der Waals surface area contributed by atoms with E-state index in [0.717, 1.165) is 24.3 Å². The SMILES string of the molecule is Cc1ccc(CNC(=O)Cn2cc3c(n2)CCC(C)C3)cc1. The molecule has 2 aromatic rings. The summed E-state index contributed by atoms with van der Waals surface area (Å²) in [6.45, 7) is 5.20. The molecule has 1 aliphatic carbocycles. The van der Waals surface area contributed by atoms with Crippen LogP contribution in [0.3, 0.4) is 0 Å². The number of nitrogens with zero attached hydrogens (tertiary/aromatic N) is 2. The van der Waals surface area contributed by atoms with Crippen molar-refractivity contribution in [2.24, 2.45) is 5.92 Å². The second-order valence-corrected chi connectivity index (χ2v) is 6.41. The van der Waals surface area contributed by atoms with E-state index in [-0.39, 0.29) is 5.91 Å². The number of carbonyl (C=O) groups excluding carboxylic acids is 1. The summed E-state index contributed by atoms with van der Waals surface area (Å²) in [5.41, 5.74) is 4.83. The van der Waals surface area contributed by atoms with Crippen LogP contribution in [0.25, 0.3) is 0 Å². The molecule has 1 heterocycles. The van der Waals surface area contributed by atoms with Gasteiger partial charge in [-0.05, 0) is 43.2 Å². The average Bonchev–Trinajstić information content (AvgIpc) is 2.88. The Labute approximate surface area is 131 Å². The molecule has 116 valence electrons. The van der Waals surface area contributed by atoms with Crippen LogP contribution < -0.4 is 5.32 Å². The minimum atomic E-state index is 0.00784. The van der Waals surface area contributed by atoms with E-state index in [1.165, 1.54) is 23.2 Å². The summed E-state index contributed by atoms with van der Waals surface area (Å²) in [7, 11) is 0. The number of aromatic nitrogens is 2. The second-order valence-electron chi connectivity index (χ2n) is 6.41. The van der Waals surface area contributed by atoms with E-state index in [1.807, 2.05) is 18.3 Å². The molecule has 0 saturated heterocycles. The molecule has 0 fully saturated rings. The molecule has 4 nitrogen and oxygen atoms in total. The highest BCUT2D eigenvalue weighted by atomic mass is 16.2. The molecule has 1 unspecified atom stereocenters. The number of rotatable bonds is 4. The maximum atomic E-state index is 12.1. The van der Waals surface area contributed by atoms with Crippen molar-refractivity contribution in [2.45, 2.75) is 46.2 Å². The van der Waals surface area contributed by atoms with Gasteiger partial charge >= 0.3 is 0 Å². The molecule has 4 heteroatoms. The second kappa shape index (κ2) is 6.34. The Bertz CT molecular complexity index is 657. The first-order chi connectivity index (χ1) is 10.6. The van der Waals surface area contributed by atoms with Crippen LogP contribution in [-0.2, 0) is 30.7 Å². The third-order valence-electron chi connectivity index (χ3n) is 4.28. The van der Waals surface area contributed by atoms with Crippen LogP contribution in [0.15, 0.2) is 30.5 Å². The van der Waals surface area contributed by atoms with Crippen LogP contribution in [0.5, 0.6) is 0 Å². The van der Waals surface area contributed by atoms with E-state index in [0.29, 0.717) is 13.1 Å². The molecule has 1 aliphatic rings. The Balaban J connectivity index is 1.54. The molecule has 1 aromatic carbocycles. The van der Waals surface area contributed by atoms with Crippen molar-refractivity contribution in [3.05, 3.63) is 52.8 Å². The van der Waals surface area contributed by atoms with Gasteiger partial charge in [0.1, 0.15) is 6.54 Å². The number of benzene rings is 1. The van der Waals surface area contributed by atoms with Gasteiger partial charge in [-0.3, -0.25) is 9.48 Å². The summed E-state index contributed by atoms with van der Waals surface area (Å²) in [6.07, 6.45) is 5.36. The topological polar surface area (TPSA) is 46.9 Å². The normalized spacial score (nSPS) is 17.1. The fraction of sp³-hybridized carbons (Fsp3) is 0.444. The van der Waals surface area contributed by atoms with Gasteiger partial charge < -0.3 is 5.32 Å². The minimum absolute atomic E-state index is 0.00784. The highest BCUT2D eigenvalue weighted by molar-refractivity contribution is 5.75. The first-order valence-electron chi connectivity index (χ1n) is 7.97. The van der Waals surface area contributed by atoms with E-state index in [9.17, 15) is 4.79 Å². The Morgan fingerprint density at radius 3 is 2.91 bits per heavy atom. The van der Waals surface area contributed by atoms with Crippen LogP contribution in [0, 0.1) is 12.8 Å². The zero-order chi connectivity index (χ0) is 15.5. The van der Waals surface area contributed by atoms with E-state index in [4.69, 9.17) is 0 Å². The lowest BCUT2D eigenvalue weighted by atomic mass is 9.89. The first kappa shape index (κ1) is 14.8. The molecule has 0 saturated carbocycles. The number of amides is 1. The van der Waals surface area contributed by atoms with Crippen molar-refractivity contribution in [1.82, 2.24) is 15.1 Å². The summed E-state index contributed by atoms with van der Waals surface area (Å²) in [5.74, 6) is 0.731. The van der Waals surface area contributed by atoms with Crippen LogP contribution in [-0.4, -0.2) is 15.7 Å². The molecule has 1 N–H and O–H groups in total. The fourth-order valence-electron chi connectivity index (χ4n) is 2.93. The number of fused-ring (bicyclic) bond motifs is 1. The molecular weight excluding hydrogens is 274 g/mol. The van der Waals surface area contributed by atoms with Gasteiger partial charge in [0.2, 0.25) is 5.91 Å². The number of hydrogen-bond donors (Lipinski definition) is 1. The van der Waals surface area contributed by atoms with E-state index in [1.54, 1.807) is 4.68 Å². The molecule has 22 heavy (non-hydrogen) atoms. The lowest BCUT2D eigenvalue weighted by molar-refractivity contribution is -0.122. The van der Waals surface area contributed by atoms with Crippen molar-refractivity contribution in [3.8, 4) is 0 Å². The molecule has 0 radical (unpaired) electrons. The van der Waals surface area contributed by atoms with Crippen LogP contribution in [0.1, 0.15) is 35.7 Å². The van der Waals surface area contributed by atoms with Crippen LogP contribution in [0.4, 0.5) is 0 Å². The maximum Gasteiger partial charge on any atom is 0.241 e. The Morgan fingerprint density at radius 1 is 1.36 bits per heavy atom. The number of nitrogens with one attached hydrogen (secondary N) is 1. The Kier molecular flexibility index (Phi) is 4.27. The monoisotopic (exact) mass is 297 g/mol. The van der Waals surface area contributed by atoms with Gasteiger partial charge in [-0.2, -0.15) is 5.10 Å². The molecule has 3 rings (SSSR count).